The van der Waals surface area contributed by atoms with Crippen molar-refractivity contribution in [2.24, 2.45) is 0 Å². The van der Waals surface area contributed by atoms with Crippen LogP contribution in [-0.2, 0) is 32.0 Å². The Morgan fingerprint density at radius 3 is 2.21 bits per heavy atom. The van der Waals surface area contributed by atoms with Gasteiger partial charge in [-0.15, -0.1) is 4.52 Å². The van der Waals surface area contributed by atoms with E-state index in [0.717, 1.165) is 23.3 Å². The monoisotopic (exact) mass is 551 g/mol. The van der Waals surface area contributed by atoms with Gasteiger partial charge in [0.25, 0.3) is 0 Å². The Labute approximate surface area is 286 Å². The Hall–Kier alpha value is 0.663. The first-order valence-electron chi connectivity index (χ1n) is 9.96. The largest absolute Gasteiger partial charge is 1.00 e. The molecular weight excluding hydrogens is 529 g/mol. The zero-order valence-corrected chi connectivity index (χ0v) is 27.1. The summed E-state index contributed by atoms with van der Waals surface area (Å²) in [5.74, 6) is 1.36. The molecule has 0 fully saturated rings. The summed E-state index contributed by atoms with van der Waals surface area (Å²) in [6.07, 6.45) is 1.18. The van der Waals surface area contributed by atoms with Crippen molar-refractivity contribution in [3.8, 4) is 11.5 Å². The molecule has 0 radical (unpaired) electrons. The van der Waals surface area contributed by atoms with Crippen molar-refractivity contribution in [3.63, 3.8) is 0 Å². The quantitative estimate of drug-likeness (QED) is 0.159. The van der Waals surface area contributed by atoms with E-state index in [1.165, 1.54) is 5.56 Å². The SMILES string of the molecule is O=[P+]([O-])OC(CCCc1cccc(Oc2ccccc2Cc2ccccc2)c1)S(=O)(=O)[O-].[K+].[K+]. The number of aryl methyl sites for hydroxylation is 1. The molecule has 0 saturated heterocycles. The van der Waals surface area contributed by atoms with Gasteiger partial charge < -0.3 is 14.2 Å². The van der Waals surface area contributed by atoms with Crippen LogP contribution in [0.25, 0.3) is 0 Å². The molecular formula is C23H22K2O7PS+. The molecule has 0 aromatic heterocycles. The zero-order valence-electron chi connectivity index (χ0n) is 19.1. The molecule has 168 valence electrons. The van der Waals surface area contributed by atoms with Crippen LogP contribution in [0.1, 0.15) is 29.5 Å². The molecule has 0 saturated carbocycles. The van der Waals surface area contributed by atoms with Crippen LogP contribution in [0.5, 0.6) is 11.5 Å². The van der Waals surface area contributed by atoms with Crippen molar-refractivity contribution in [1.82, 2.24) is 0 Å². The number of hydrogen-bond donors (Lipinski definition) is 0. The van der Waals surface area contributed by atoms with E-state index >= 15 is 0 Å². The van der Waals surface area contributed by atoms with Crippen LogP contribution in [0.4, 0.5) is 0 Å². The van der Waals surface area contributed by atoms with Crippen molar-refractivity contribution in [1.29, 1.82) is 0 Å². The third-order valence-electron chi connectivity index (χ3n) is 4.77. The summed E-state index contributed by atoms with van der Waals surface area (Å²) in [6.45, 7) is 0. The Kier molecular flexibility index (Phi) is 15.9. The van der Waals surface area contributed by atoms with Gasteiger partial charge in [-0.2, -0.15) is 0 Å². The van der Waals surface area contributed by atoms with E-state index in [4.69, 9.17) is 4.74 Å². The summed E-state index contributed by atoms with van der Waals surface area (Å²) in [7, 11) is -8.30. The third kappa shape index (κ3) is 11.4. The predicted molar refractivity (Wildman–Crippen MR) is 117 cm³/mol. The first kappa shape index (κ1) is 32.7. The van der Waals surface area contributed by atoms with E-state index in [0.29, 0.717) is 12.2 Å². The van der Waals surface area contributed by atoms with Crippen LogP contribution in [0.2, 0.25) is 0 Å². The fraction of sp³-hybridized carbons (Fsp3) is 0.217. The number of rotatable bonds is 11. The number of benzene rings is 3. The molecule has 2 atom stereocenters. The second kappa shape index (κ2) is 16.5. The molecule has 2 unspecified atom stereocenters. The maximum Gasteiger partial charge on any atom is 1.00 e. The normalized spacial score (nSPS) is 12.1. The maximum absolute atomic E-state index is 11.2. The van der Waals surface area contributed by atoms with Gasteiger partial charge in [-0.25, -0.2) is 8.42 Å². The number of hydrogen-bond acceptors (Lipinski definition) is 7. The second-order valence-electron chi connectivity index (χ2n) is 7.16. The second-order valence-corrected chi connectivity index (χ2v) is 9.33. The van der Waals surface area contributed by atoms with E-state index in [2.05, 4.69) is 16.7 Å². The molecule has 0 aliphatic heterocycles. The Balaban J connectivity index is 0.00000289. The molecule has 0 spiro atoms. The molecule has 3 aromatic rings. The molecule has 0 N–H and O–H groups in total. The molecule has 0 aliphatic rings. The molecule has 0 amide bonds. The van der Waals surface area contributed by atoms with Crippen LogP contribution in [0.15, 0.2) is 78.9 Å². The van der Waals surface area contributed by atoms with Crippen molar-refractivity contribution < 1.29 is 134 Å². The van der Waals surface area contributed by atoms with Gasteiger partial charge in [0.1, 0.15) is 21.6 Å². The van der Waals surface area contributed by atoms with Crippen molar-refractivity contribution in [3.05, 3.63) is 95.6 Å². The standard InChI is InChI=1S/C23H23O7PS.2K/c24-31(25)30-23(32(26,27)28)15-7-11-19-10-6-13-21(17-19)29-22-14-5-4-12-20(22)16-18-8-2-1-3-9-18;;/h1-6,8-10,12-14,17,23H,7,11,15-16H2,(H,26,27,28);;/q;2*+1/p-1. The average Bonchev–Trinajstić information content (AvgIpc) is 2.75. The summed E-state index contributed by atoms with van der Waals surface area (Å²) < 4.78 is 54.5. The first-order valence-corrected chi connectivity index (χ1v) is 12.5. The van der Waals surface area contributed by atoms with Crippen LogP contribution in [-0.4, -0.2) is 18.4 Å². The molecule has 34 heavy (non-hydrogen) atoms. The van der Waals surface area contributed by atoms with Gasteiger partial charge in [0.2, 0.25) is 5.44 Å². The van der Waals surface area contributed by atoms with E-state index in [-0.39, 0.29) is 116 Å². The summed E-state index contributed by atoms with van der Waals surface area (Å²) in [4.78, 5) is 10.6. The van der Waals surface area contributed by atoms with E-state index in [1.54, 1.807) is 0 Å². The Morgan fingerprint density at radius 1 is 0.882 bits per heavy atom. The molecule has 0 heterocycles. The number of ether oxygens (including phenoxy) is 1. The van der Waals surface area contributed by atoms with Gasteiger partial charge in [0.05, 0.1) is 0 Å². The fourth-order valence-corrected chi connectivity index (χ4v) is 4.66. The van der Waals surface area contributed by atoms with Crippen molar-refractivity contribution in [2.75, 3.05) is 0 Å². The number of para-hydroxylation sites is 1. The molecule has 11 heteroatoms. The van der Waals surface area contributed by atoms with E-state index in [9.17, 15) is 22.4 Å². The summed E-state index contributed by atoms with van der Waals surface area (Å²) >= 11 is 0. The van der Waals surface area contributed by atoms with Crippen LogP contribution >= 0.6 is 8.25 Å². The van der Waals surface area contributed by atoms with E-state index in [1.807, 2.05) is 66.7 Å². The molecule has 3 rings (SSSR count). The molecule has 0 aliphatic carbocycles. The molecule has 7 nitrogen and oxygen atoms in total. The Morgan fingerprint density at radius 2 is 1.53 bits per heavy atom. The smallest absolute Gasteiger partial charge is 0.746 e. The van der Waals surface area contributed by atoms with Gasteiger partial charge in [-0.3, -0.25) is 0 Å². The van der Waals surface area contributed by atoms with Gasteiger partial charge in [-0.05, 0) is 58.7 Å². The topological polar surface area (TPSA) is 116 Å². The van der Waals surface area contributed by atoms with Gasteiger partial charge >= 0.3 is 111 Å². The van der Waals surface area contributed by atoms with Gasteiger partial charge in [-0.1, -0.05) is 60.7 Å². The Bertz CT molecular complexity index is 1160. The maximum atomic E-state index is 11.2. The summed E-state index contributed by atoms with van der Waals surface area (Å²) in [6, 6.07) is 25.1. The van der Waals surface area contributed by atoms with Crippen LogP contribution in [0.3, 0.4) is 0 Å². The average molecular weight is 552 g/mol. The van der Waals surface area contributed by atoms with Crippen LogP contribution in [0, 0.1) is 0 Å². The minimum Gasteiger partial charge on any atom is -0.746 e. The van der Waals surface area contributed by atoms with Gasteiger partial charge in [0.15, 0.2) is 0 Å². The van der Waals surface area contributed by atoms with Gasteiger partial charge in [0, 0.05) is 6.42 Å². The third-order valence-corrected chi connectivity index (χ3v) is 6.31. The summed E-state index contributed by atoms with van der Waals surface area (Å²) in [5.41, 5.74) is 1.16. The van der Waals surface area contributed by atoms with Crippen LogP contribution < -0.4 is 112 Å². The summed E-state index contributed by atoms with van der Waals surface area (Å²) in [5, 5.41) is 0. The zero-order chi connectivity index (χ0) is 23.0. The van der Waals surface area contributed by atoms with Crippen molar-refractivity contribution >= 4 is 18.4 Å². The minimum atomic E-state index is -4.87. The molecule has 3 aromatic carbocycles. The van der Waals surface area contributed by atoms with Crippen molar-refractivity contribution in [2.45, 2.75) is 31.1 Å². The predicted octanol–water partition coefficient (Wildman–Crippen LogP) is -1.69. The molecule has 0 bridgehead atoms. The fourth-order valence-electron chi connectivity index (χ4n) is 3.28. The minimum absolute atomic E-state index is 0. The first-order chi connectivity index (χ1) is 15.3. The van der Waals surface area contributed by atoms with E-state index < -0.39 is 23.8 Å².